The first kappa shape index (κ1) is 21.9. The van der Waals surface area contributed by atoms with Crippen molar-refractivity contribution in [3.8, 4) is 22.9 Å². The van der Waals surface area contributed by atoms with Crippen molar-refractivity contribution < 1.29 is 14.3 Å². The lowest BCUT2D eigenvalue weighted by Gasteiger charge is -2.11. The van der Waals surface area contributed by atoms with Crippen molar-refractivity contribution in [3.63, 3.8) is 0 Å². The Bertz CT molecular complexity index is 1030. The van der Waals surface area contributed by atoms with Gasteiger partial charge in [-0.05, 0) is 62.6 Å². The third-order valence-corrected chi connectivity index (χ3v) is 5.49. The number of hydrogen-bond acceptors (Lipinski definition) is 5. The Hall–Kier alpha value is -3.35. The van der Waals surface area contributed by atoms with Gasteiger partial charge in [-0.3, -0.25) is 4.79 Å². The van der Waals surface area contributed by atoms with Gasteiger partial charge < -0.3 is 19.4 Å². The third-order valence-electron chi connectivity index (χ3n) is 5.49. The maximum atomic E-state index is 12.3. The van der Waals surface area contributed by atoms with Gasteiger partial charge in [-0.15, -0.1) is 10.2 Å². The number of nitrogens with one attached hydrogen (secondary N) is 1. The number of para-hydroxylation sites is 2. The van der Waals surface area contributed by atoms with Gasteiger partial charge in [-0.1, -0.05) is 18.6 Å². The molecule has 0 fully saturated rings. The fourth-order valence-electron chi connectivity index (χ4n) is 3.88. The number of aromatic nitrogens is 3. The minimum atomic E-state index is -0.0317. The van der Waals surface area contributed by atoms with Crippen molar-refractivity contribution in [1.29, 1.82) is 0 Å². The number of nitrogens with zero attached hydrogens (tertiary/aromatic N) is 3. The summed E-state index contributed by atoms with van der Waals surface area (Å²) in [6.07, 6.45) is 5.56. The Morgan fingerprint density at radius 2 is 1.78 bits per heavy atom. The second-order valence-corrected chi connectivity index (χ2v) is 7.86. The second kappa shape index (κ2) is 10.8. The number of benzene rings is 2. The Labute approximate surface area is 188 Å². The van der Waals surface area contributed by atoms with Gasteiger partial charge in [-0.25, -0.2) is 0 Å². The molecule has 3 aromatic rings. The van der Waals surface area contributed by atoms with E-state index < -0.39 is 0 Å². The molecule has 1 amide bonds. The lowest BCUT2D eigenvalue weighted by atomic mass is 10.2. The van der Waals surface area contributed by atoms with Crippen LogP contribution in [-0.4, -0.2) is 33.9 Å². The van der Waals surface area contributed by atoms with Gasteiger partial charge in [0.1, 0.15) is 5.82 Å². The first-order valence-electron chi connectivity index (χ1n) is 11.4. The van der Waals surface area contributed by atoms with Crippen LogP contribution in [0.15, 0.2) is 48.5 Å². The highest BCUT2D eigenvalue weighted by Gasteiger charge is 2.16. The topological polar surface area (TPSA) is 78.3 Å². The highest BCUT2D eigenvalue weighted by atomic mass is 16.5. The van der Waals surface area contributed by atoms with E-state index in [2.05, 4.69) is 20.1 Å². The van der Waals surface area contributed by atoms with Crippen LogP contribution in [0.4, 0.5) is 5.69 Å². The molecule has 0 unspecified atom stereocenters. The van der Waals surface area contributed by atoms with E-state index in [1.54, 1.807) is 0 Å². The Balaban J connectivity index is 1.26. The van der Waals surface area contributed by atoms with Crippen molar-refractivity contribution >= 4 is 11.6 Å². The summed E-state index contributed by atoms with van der Waals surface area (Å²) in [5.41, 5.74) is 1.79. The normalized spacial score (nSPS) is 13.2. The Morgan fingerprint density at radius 1 is 1.00 bits per heavy atom. The van der Waals surface area contributed by atoms with Crippen LogP contribution in [0.1, 0.15) is 44.9 Å². The first-order valence-corrected chi connectivity index (χ1v) is 11.4. The summed E-state index contributed by atoms with van der Waals surface area (Å²) < 4.78 is 13.6. The zero-order chi connectivity index (χ0) is 22.2. The number of rotatable bonds is 9. The molecule has 4 rings (SSSR count). The summed E-state index contributed by atoms with van der Waals surface area (Å²) in [4.78, 5) is 12.3. The molecule has 7 heteroatoms. The van der Waals surface area contributed by atoms with E-state index in [1.807, 2.05) is 55.5 Å². The van der Waals surface area contributed by atoms with Crippen molar-refractivity contribution in [3.05, 3.63) is 54.4 Å². The molecule has 7 nitrogen and oxygen atoms in total. The molecule has 0 saturated carbocycles. The molecule has 2 heterocycles. The minimum absolute atomic E-state index is 0.0317. The van der Waals surface area contributed by atoms with Gasteiger partial charge in [-0.2, -0.15) is 0 Å². The molecule has 0 spiro atoms. The van der Waals surface area contributed by atoms with Crippen LogP contribution in [-0.2, 0) is 17.8 Å². The molecular formula is C25H30N4O3. The van der Waals surface area contributed by atoms with Crippen molar-refractivity contribution in [2.24, 2.45) is 0 Å². The number of carbonyl (C=O) groups excluding carboxylic acids is 1. The fraction of sp³-hybridized carbons (Fsp3) is 0.400. The smallest absolute Gasteiger partial charge is 0.224 e. The molecule has 168 valence electrons. The maximum Gasteiger partial charge on any atom is 0.224 e. The van der Waals surface area contributed by atoms with Crippen LogP contribution in [0, 0.1) is 0 Å². The van der Waals surface area contributed by atoms with Gasteiger partial charge in [0.15, 0.2) is 17.3 Å². The van der Waals surface area contributed by atoms with E-state index in [0.29, 0.717) is 31.8 Å². The third kappa shape index (κ3) is 5.46. The van der Waals surface area contributed by atoms with Crippen LogP contribution in [0.5, 0.6) is 11.5 Å². The zero-order valence-electron chi connectivity index (χ0n) is 18.5. The molecule has 0 saturated heterocycles. The molecule has 0 atom stereocenters. The monoisotopic (exact) mass is 434 g/mol. The first-order chi connectivity index (χ1) is 15.7. The van der Waals surface area contributed by atoms with E-state index in [1.165, 1.54) is 12.8 Å². The Kier molecular flexibility index (Phi) is 7.38. The van der Waals surface area contributed by atoms with Crippen molar-refractivity contribution in [2.45, 2.75) is 52.0 Å². The van der Waals surface area contributed by atoms with Crippen molar-refractivity contribution in [1.82, 2.24) is 14.8 Å². The molecule has 0 aliphatic carbocycles. The van der Waals surface area contributed by atoms with Crippen LogP contribution < -0.4 is 14.8 Å². The van der Waals surface area contributed by atoms with E-state index in [4.69, 9.17) is 9.47 Å². The molecule has 1 N–H and O–H groups in total. The summed E-state index contributed by atoms with van der Waals surface area (Å²) in [5.74, 6) is 3.38. The van der Waals surface area contributed by atoms with Gasteiger partial charge in [0.2, 0.25) is 5.91 Å². The minimum Gasteiger partial charge on any atom is -0.490 e. The number of amides is 1. The van der Waals surface area contributed by atoms with E-state index >= 15 is 0 Å². The van der Waals surface area contributed by atoms with E-state index in [-0.39, 0.29) is 5.91 Å². The molecule has 1 aromatic heterocycles. The van der Waals surface area contributed by atoms with Gasteiger partial charge >= 0.3 is 0 Å². The average Bonchev–Trinajstić information content (AvgIpc) is 3.06. The quantitative estimate of drug-likeness (QED) is 0.486. The summed E-state index contributed by atoms with van der Waals surface area (Å²) in [6.45, 7) is 3.94. The van der Waals surface area contributed by atoms with Gasteiger partial charge in [0.05, 0.1) is 13.2 Å². The lowest BCUT2D eigenvalue weighted by Crippen LogP contribution is -2.13. The average molecular weight is 435 g/mol. The zero-order valence-corrected chi connectivity index (χ0v) is 18.5. The van der Waals surface area contributed by atoms with E-state index in [0.717, 1.165) is 48.0 Å². The number of hydrogen-bond donors (Lipinski definition) is 1. The SMILES string of the molecule is CCOc1ccccc1OCCCC(=O)Nc1ccc(-c2nnc3n2CCCCC3)cc1. The number of carbonyl (C=O) groups is 1. The van der Waals surface area contributed by atoms with E-state index in [9.17, 15) is 4.79 Å². The maximum absolute atomic E-state index is 12.3. The summed E-state index contributed by atoms with van der Waals surface area (Å²) in [6, 6.07) is 15.4. The highest BCUT2D eigenvalue weighted by Crippen LogP contribution is 2.27. The highest BCUT2D eigenvalue weighted by molar-refractivity contribution is 5.90. The largest absolute Gasteiger partial charge is 0.490 e. The van der Waals surface area contributed by atoms with Crippen LogP contribution in [0.3, 0.4) is 0 Å². The predicted octanol–water partition coefficient (Wildman–Crippen LogP) is 4.87. The standard InChI is InChI=1S/C25H30N4O3/c1-2-31-21-9-5-6-10-22(21)32-18-8-12-24(30)26-20-15-13-19(14-16-20)25-28-27-23-11-4-3-7-17-29(23)25/h5-6,9-10,13-16H,2-4,7-8,11-12,17-18H2,1H3,(H,26,30). The molecule has 1 aliphatic heterocycles. The van der Waals surface area contributed by atoms with Crippen LogP contribution in [0.25, 0.3) is 11.4 Å². The molecule has 0 radical (unpaired) electrons. The molecule has 1 aliphatic rings. The van der Waals surface area contributed by atoms with Gasteiger partial charge in [0, 0.05) is 30.6 Å². The summed E-state index contributed by atoms with van der Waals surface area (Å²) in [5, 5.41) is 11.7. The molecule has 0 bridgehead atoms. The van der Waals surface area contributed by atoms with Crippen molar-refractivity contribution in [2.75, 3.05) is 18.5 Å². The number of fused-ring (bicyclic) bond motifs is 1. The summed E-state index contributed by atoms with van der Waals surface area (Å²) in [7, 11) is 0. The number of aryl methyl sites for hydroxylation is 1. The number of ether oxygens (including phenoxy) is 2. The molecule has 32 heavy (non-hydrogen) atoms. The second-order valence-electron chi connectivity index (χ2n) is 7.86. The predicted molar refractivity (Wildman–Crippen MR) is 124 cm³/mol. The van der Waals surface area contributed by atoms with Gasteiger partial charge in [0.25, 0.3) is 0 Å². The molecular weight excluding hydrogens is 404 g/mol. The Morgan fingerprint density at radius 3 is 2.56 bits per heavy atom. The van der Waals surface area contributed by atoms with Crippen LogP contribution in [0.2, 0.25) is 0 Å². The van der Waals surface area contributed by atoms with Crippen LogP contribution >= 0.6 is 0 Å². The molecule has 2 aromatic carbocycles. The summed E-state index contributed by atoms with van der Waals surface area (Å²) >= 11 is 0. The lowest BCUT2D eigenvalue weighted by molar-refractivity contribution is -0.116. The fourth-order valence-corrected chi connectivity index (χ4v) is 3.88. The number of anilines is 1.